The Morgan fingerprint density at radius 2 is 1.65 bits per heavy atom. The lowest BCUT2D eigenvalue weighted by molar-refractivity contribution is 0.188. The first-order chi connectivity index (χ1) is 9.51. The van der Waals surface area contributed by atoms with Gasteiger partial charge in [-0.15, -0.1) is 0 Å². The molecule has 1 atom stereocenters. The Morgan fingerprint density at radius 1 is 1.05 bits per heavy atom. The topological polar surface area (TPSA) is 92.2 Å². The van der Waals surface area contributed by atoms with Crippen molar-refractivity contribution in [2.45, 2.75) is 52.7 Å². The van der Waals surface area contributed by atoms with E-state index in [1.54, 1.807) is 6.92 Å². The molecule has 0 saturated heterocycles. The molecule has 1 unspecified atom stereocenters. The second kappa shape index (κ2) is 8.52. The summed E-state index contributed by atoms with van der Waals surface area (Å²) in [6.07, 6.45) is 1.26. The molecule has 0 spiro atoms. The van der Waals surface area contributed by atoms with Gasteiger partial charge >= 0.3 is 6.01 Å². The summed E-state index contributed by atoms with van der Waals surface area (Å²) in [5.41, 5.74) is 0. The van der Waals surface area contributed by atoms with Crippen LogP contribution in [0.2, 0.25) is 0 Å². The summed E-state index contributed by atoms with van der Waals surface area (Å²) in [5, 5.41) is 15.4. The second-order valence-corrected chi connectivity index (χ2v) is 4.92. The summed E-state index contributed by atoms with van der Waals surface area (Å²) in [5.74, 6) is 0.951. The third-order valence-corrected chi connectivity index (χ3v) is 2.33. The Kier molecular flexibility index (Phi) is 7.00. The standard InChI is InChI=1S/C13H25N5O2/c1-5-7-14-11-16-12(15-8-6-10(4)19)18-13(17-11)20-9(2)3/h9-10,19H,5-8H2,1-4H3,(H2,14,15,16,17,18). The predicted molar refractivity (Wildman–Crippen MR) is 79.2 cm³/mol. The number of aromatic nitrogens is 3. The Balaban J connectivity index is 2.74. The van der Waals surface area contributed by atoms with Gasteiger partial charge in [-0.05, 0) is 33.6 Å². The number of hydrogen-bond acceptors (Lipinski definition) is 7. The van der Waals surface area contributed by atoms with E-state index in [9.17, 15) is 5.11 Å². The first-order valence-corrected chi connectivity index (χ1v) is 7.09. The highest BCUT2D eigenvalue weighted by molar-refractivity contribution is 5.35. The van der Waals surface area contributed by atoms with Gasteiger partial charge < -0.3 is 20.5 Å². The van der Waals surface area contributed by atoms with Gasteiger partial charge in [0.1, 0.15) is 0 Å². The van der Waals surface area contributed by atoms with Crippen LogP contribution >= 0.6 is 0 Å². The number of aliphatic hydroxyl groups excluding tert-OH is 1. The van der Waals surface area contributed by atoms with Crippen LogP contribution < -0.4 is 15.4 Å². The summed E-state index contributed by atoms with van der Waals surface area (Å²) in [6, 6.07) is 0.299. The van der Waals surface area contributed by atoms with Crippen molar-refractivity contribution in [2.24, 2.45) is 0 Å². The quantitative estimate of drug-likeness (QED) is 0.634. The molecule has 0 bridgehead atoms. The number of nitrogens with zero attached hydrogens (tertiary/aromatic N) is 3. The van der Waals surface area contributed by atoms with Crippen LogP contribution in [-0.4, -0.2) is 45.4 Å². The zero-order valence-electron chi connectivity index (χ0n) is 12.7. The van der Waals surface area contributed by atoms with Crippen LogP contribution in [0.3, 0.4) is 0 Å². The minimum absolute atomic E-state index is 0.00161. The van der Waals surface area contributed by atoms with E-state index in [1.807, 2.05) is 13.8 Å². The Bertz CT molecular complexity index is 398. The van der Waals surface area contributed by atoms with Gasteiger partial charge in [0.05, 0.1) is 12.2 Å². The lowest BCUT2D eigenvalue weighted by atomic mass is 10.3. The monoisotopic (exact) mass is 283 g/mol. The van der Waals surface area contributed by atoms with Crippen LogP contribution in [-0.2, 0) is 0 Å². The molecule has 0 aliphatic heterocycles. The summed E-state index contributed by atoms with van der Waals surface area (Å²) < 4.78 is 5.51. The predicted octanol–water partition coefficient (Wildman–Crippen LogP) is 1.66. The molecule has 7 heteroatoms. The third-order valence-electron chi connectivity index (χ3n) is 2.33. The van der Waals surface area contributed by atoms with Gasteiger partial charge in [-0.3, -0.25) is 0 Å². The second-order valence-electron chi connectivity index (χ2n) is 4.92. The van der Waals surface area contributed by atoms with Gasteiger partial charge in [0.15, 0.2) is 0 Å². The van der Waals surface area contributed by atoms with Crippen LogP contribution in [0.25, 0.3) is 0 Å². The minimum atomic E-state index is -0.353. The van der Waals surface area contributed by atoms with E-state index in [1.165, 1.54) is 0 Å². The normalized spacial score (nSPS) is 12.3. The molecule has 1 aromatic rings. The molecule has 0 fully saturated rings. The van der Waals surface area contributed by atoms with Crippen LogP contribution in [0, 0.1) is 0 Å². The van der Waals surface area contributed by atoms with Crippen molar-refractivity contribution in [1.29, 1.82) is 0 Å². The average molecular weight is 283 g/mol. The molecular weight excluding hydrogens is 258 g/mol. The van der Waals surface area contributed by atoms with Gasteiger partial charge in [-0.25, -0.2) is 0 Å². The number of ether oxygens (including phenoxy) is 1. The fourth-order valence-electron chi connectivity index (χ4n) is 1.41. The zero-order valence-corrected chi connectivity index (χ0v) is 12.7. The van der Waals surface area contributed by atoms with Crippen molar-refractivity contribution in [1.82, 2.24) is 15.0 Å². The Morgan fingerprint density at radius 3 is 2.15 bits per heavy atom. The smallest absolute Gasteiger partial charge is 0.323 e. The number of anilines is 2. The molecule has 0 aliphatic carbocycles. The van der Waals surface area contributed by atoms with Gasteiger partial charge in [0, 0.05) is 13.1 Å². The van der Waals surface area contributed by atoms with Crippen LogP contribution in [0.1, 0.15) is 40.5 Å². The van der Waals surface area contributed by atoms with Crippen molar-refractivity contribution in [3.8, 4) is 6.01 Å². The molecule has 1 heterocycles. The van der Waals surface area contributed by atoms with E-state index in [-0.39, 0.29) is 12.2 Å². The average Bonchev–Trinajstić information content (AvgIpc) is 2.35. The maximum Gasteiger partial charge on any atom is 0.323 e. The lowest BCUT2D eigenvalue weighted by Gasteiger charge is -2.12. The maximum atomic E-state index is 9.24. The van der Waals surface area contributed by atoms with Crippen LogP contribution in [0.4, 0.5) is 11.9 Å². The lowest BCUT2D eigenvalue weighted by Crippen LogP contribution is -2.16. The fourth-order valence-corrected chi connectivity index (χ4v) is 1.41. The molecule has 0 radical (unpaired) electrons. The number of aliphatic hydroxyl groups is 1. The fraction of sp³-hybridized carbons (Fsp3) is 0.769. The first-order valence-electron chi connectivity index (χ1n) is 7.09. The highest BCUT2D eigenvalue weighted by atomic mass is 16.5. The minimum Gasteiger partial charge on any atom is -0.461 e. The van der Waals surface area contributed by atoms with Crippen molar-refractivity contribution >= 4 is 11.9 Å². The van der Waals surface area contributed by atoms with E-state index in [4.69, 9.17) is 4.74 Å². The van der Waals surface area contributed by atoms with Gasteiger partial charge in [0.25, 0.3) is 0 Å². The number of hydrogen-bond donors (Lipinski definition) is 3. The molecule has 0 amide bonds. The number of rotatable bonds is 9. The molecule has 0 aromatic carbocycles. The molecule has 114 valence electrons. The maximum absolute atomic E-state index is 9.24. The van der Waals surface area contributed by atoms with Crippen molar-refractivity contribution in [3.63, 3.8) is 0 Å². The van der Waals surface area contributed by atoms with Gasteiger partial charge in [0.2, 0.25) is 11.9 Å². The Labute approximate surface area is 120 Å². The van der Waals surface area contributed by atoms with Crippen molar-refractivity contribution < 1.29 is 9.84 Å². The Hall–Kier alpha value is -1.63. The number of nitrogens with one attached hydrogen (secondary N) is 2. The summed E-state index contributed by atoms with van der Waals surface area (Å²) in [6.45, 7) is 9.04. The van der Waals surface area contributed by atoms with E-state index in [0.29, 0.717) is 30.9 Å². The molecular formula is C13H25N5O2. The van der Waals surface area contributed by atoms with E-state index >= 15 is 0 Å². The largest absolute Gasteiger partial charge is 0.461 e. The molecule has 1 rings (SSSR count). The molecule has 3 N–H and O–H groups in total. The summed E-state index contributed by atoms with van der Waals surface area (Å²) >= 11 is 0. The van der Waals surface area contributed by atoms with Crippen molar-refractivity contribution in [3.05, 3.63) is 0 Å². The molecule has 0 aliphatic rings. The van der Waals surface area contributed by atoms with E-state index in [0.717, 1.165) is 13.0 Å². The zero-order chi connectivity index (χ0) is 15.0. The molecule has 7 nitrogen and oxygen atoms in total. The molecule has 20 heavy (non-hydrogen) atoms. The highest BCUT2D eigenvalue weighted by Crippen LogP contribution is 2.12. The first kappa shape index (κ1) is 16.4. The highest BCUT2D eigenvalue weighted by Gasteiger charge is 2.08. The van der Waals surface area contributed by atoms with E-state index < -0.39 is 0 Å². The van der Waals surface area contributed by atoms with E-state index in [2.05, 4.69) is 32.5 Å². The SMILES string of the molecule is CCCNc1nc(NCCC(C)O)nc(OC(C)C)n1. The summed E-state index contributed by atoms with van der Waals surface area (Å²) in [4.78, 5) is 12.7. The van der Waals surface area contributed by atoms with Crippen LogP contribution in [0.15, 0.2) is 0 Å². The molecule has 1 aromatic heterocycles. The van der Waals surface area contributed by atoms with Gasteiger partial charge in [-0.1, -0.05) is 6.92 Å². The third kappa shape index (κ3) is 6.51. The summed E-state index contributed by atoms with van der Waals surface area (Å²) in [7, 11) is 0. The van der Waals surface area contributed by atoms with Gasteiger partial charge in [-0.2, -0.15) is 15.0 Å². The molecule has 0 saturated carbocycles. The van der Waals surface area contributed by atoms with Crippen molar-refractivity contribution in [2.75, 3.05) is 23.7 Å². The van der Waals surface area contributed by atoms with Crippen LogP contribution in [0.5, 0.6) is 6.01 Å².